The predicted octanol–water partition coefficient (Wildman–Crippen LogP) is 3.05. The Bertz CT molecular complexity index is 366. The molecule has 1 rings (SSSR count). The summed E-state index contributed by atoms with van der Waals surface area (Å²) in [5.74, 6) is 0.640. The molecule has 0 spiro atoms. The summed E-state index contributed by atoms with van der Waals surface area (Å²) in [6.45, 7) is 2.47. The zero-order valence-corrected chi connectivity index (χ0v) is 10.3. The van der Waals surface area contributed by atoms with E-state index in [9.17, 15) is 4.79 Å². The molecule has 0 aliphatic carbocycles. The Labute approximate surface area is 102 Å². The van der Waals surface area contributed by atoms with Crippen LogP contribution in [0.15, 0.2) is 30.3 Å². The highest BCUT2D eigenvalue weighted by Crippen LogP contribution is 2.12. The lowest BCUT2D eigenvalue weighted by atomic mass is 10.2. The summed E-state index contributed by atoms with van der Waals surface area (Å²) in [6, 6.07) is 7.64. The number of carbonyl (C=O) groups is 1. The van der Waals surface area contributed by atoms with Gasteiger partial charge in [-0.25, -0.2) is 0 Å². The average Bonchev–Trinajstić information content (AvgIpc) is 2.37. The molecule has 0 aliphatic heterocycles. The SMILES string of the molecule is CCCOC(=O)CC=Cc1ccc(OC)cc1. The van der Waals surface area contributed by atoms with Crippen LogP contribution in [0.5, 0.6) is 5.75 Å². The molecule has 3 heteroatoms. The van der Waals surface area contributed by atoms with E-state index in [0.717, 1.165) is 17.7 Å². The maximum absolute atomic E-state index is 11.2. The van der Waals surface area contributed by atoms with Crippen molar-refractivity contribution in [1.82, 2.24) is 0 Å². The molecule has 0 atom stereocenters. The summed E-state index contributed by atoms with van der Waals surface area (Å²) < 4.78 is 10.0. The third-order valence-electron chi connectivity index (χ3n) is 2.18. The second-order valence-electron chi connectivity index (χ2n) is 3.60. The summed E-state index contributed by atoms with van der Waals surface area (Å²) in [4.78, 5) is 11.2. The van der Waals surface area contributed by atoms with Gasteiger partial charge in [-0.05, 0) is 24.1 Å². The fourth-order valence-electron chi connectivity index (χ4n) is 1.28. The molecule has 3 nitrogen and oxygen atoms in total. The maximum Gasteiger partial charge on any atom is 0.309 e. The number of esters is 1. The standard InChI is InChI=1S/C14H18O3/c1-3-11-17-14(15)6-4-5-12-7-9-13(16-2)10-8-12/h4-5,7-10H,3,6,11H2,1-2H3. The van der Waals surface area contributed by atoms with Crippen molar-refractivity contribution in [3.63, 3.8) is 0 Å². The van der Waals surface area contributed by atoms with Gasteiger partial charge in [-0.15, -0.1) is 0 Å². The van der Waals surface area contributed by atoms with Crippen LogP contribution < -0.4 is 4.74 Å². The number of carbonyl (C=O) groups excluding carboxylic acids is 1. The normalized spacial score (nSPS) is 10.5. The Kier molecular flexibility index (Phi) is 5.86. The molecular formula is C14H18O3. The minimum absolute atomic E-state index is 0.184. The van der Waals surface area contributed by atoms with E-state index >= 15 is 0 Å². The number of ether oxygens (including phenoxy) is 2. The Morgan fingerprint density at radius 3 is 2.59 bits per heavy atom. The second kappa shape index (κ2) is 7.49. The molecule has 17 heavy (non-hydrogen) atoms. The highest BCUT2D eigenvalue weighted by atomic mass is 16.5. The van der Waals surface area contributed by atoms with Crippen LogP contribution in [-0.4, -0.2) is 19.7 Å². The highest BCUT2D eigenvalue weighted by Gasteiger charge is 1.97. The van der Waals surface area contributed by atoms with E-state index in [2.05, 4.69) is 0 Å². The van der Waals surface area contributed by atoms with E-state index in [-0.39, 0.29) is 5.97 Å². The van der Waals surface area contributed by atoms with Gasteiger partial charge in [0.1, 0.15) is 5.75 Å². The topological polar surface area (TPSA) is 35.5 Å². The van der Waals surface area contributed by atoms with Crippen LogP contribution in [-0.2, 0) is 9.53 Å². The number of benzene rings is 1. The van der Waals surface area contributed by atoms with Gasteiger partial charge in [0.05, 0.1) is 20.1 Å². The first kappa shape index (κ1) is 13.3. The molecule has 0 saturated heterocycles. The average molecular weight is 234 g/mol. The molecule has 0 bridgehead atoms. The quantitative estimate of drug-likeness (QED) is 0.710. The fraction of sp³-hybridized carbons (Fsp3) is 0.357. The Morgan fingerprint density at radius 2 is 2.00 bits per heavy atom. The van der Waals surface area contributed by atoms with Crippen molar-refractivity contribution >= 4 is 12.0 Å². The van der Waals surface area contributed by atoms with Crippen molar-refractivity contribution in [2.24, 2.45) is 0 Å². The summed E-state index contributed by atoms with van der Waals surface area (Å²) in [6.07, 6.45) is 4.87. The fourth-order valence-corrected chi connectivity index (χ4v) is 1.28. The molecule has 0 aromatic heterocycles. The third-order valence-corrected chi connectivity index (χ3v) is 2.18. The zero-order chi connectivity index (χ0) is 12.5. The van der Waals surface area contributed by atoms with Gasteiger partial charge in [0.2, 0.25) is 0 Å². The van der Waals surface area contributed by atoms with Gasteiger partial charge in [0.25, 0.3) is 0 Å². The smallest absolute Gasteiger partial charge is 0.309 e. The zero-order valence-electron chi connectivity index (χ0n) is 10.3. The number of hydrogen-bond acceptors (Lipinski definition) is 3. The maximum atomic E-state index is 11.2. The molecule has 0 radical (unpaired) electrons. The van der Waals surface area contributed by atoms with Crippen LogP contribution in [0.1, 0.15) is 25.3 Å². The Hall–Kier alpha value is -1.77. The second-order valence-corrected chi connectivity index (χ2v) is 3.60. The van der Waals surface area contributed by atoms with Crippen molar-refractivity contribution in [3.05, 3.63) is 35.9 Å². The third kappa shape index (κ3) is 5.20. The van der Waals surface area contributed by atoms with E-state index in [0.29, 0.717) is 13.0 Å². The molecule has 0 unspecified atom stereocenters. The molecule has 1 aromatic carbocycles. The van der Waals surface area contributed by atoms with Crippen LogP contribution >= 0.6 is 0 Å². The van der Waals surface area contributed by atoms with Crippen LogP contribution in [0.3, 0.4) is 0 Å². The van der Waals surface area contributed by atoms with Gasteiger partial charge in [-0.3, -0.25) is 4.79 Å². The molecule has 92 valence electrons. The van der Waals surface area contributed by atoms with E-state index in [4.69, 9.17) is 9.47 Å². The number of methoxy groups -OCH3 is 1. The van der Waals surface area contributed by atoms with E-state index in [1.54, 1.807) is 13.2 Å². The van der Waals surface area contributed by atoms with Crippen molar-refractivity contribution < 1.29 is 14.3 Å². The van der Waals surface area contributed by atoms with Crippen LogP contribution in [0, 0.1) is 0 Å². The molecule has 1 aromatic rings. The van der Waals surface area contributed by atoms with Crippen molar-refractivity contribution in [3.8, 4) is 5.75 Å². The van der Waals surface area contributed by atoms with Gasteiger partial charge in [0, 0.05) is 0 Å². The monoisotopic (exact) mass is 234 g/mol. The summed E-state index contributed by atoms with van der Waals surface area (Å²) in [5.41, 5.74) is 1.04. The van der Waals surface area contributed by atoms with Gasteiger partial charge in [-0.1, -0.05) is 31.2 Å². The summed E-state index contributed by atoms with van der Waals surface area (Å²) in [7, 11) is 1.63. The van der Waals surface area contributed by atoms with Crippen LogP contribution in [0.2, 0.25) is 0 Å². The molecular weight excluding hydrogens is 216 g/mol. The summed E-state index contributed by atoms with van der Waals surface area (Å²) in [5, 5.41) is 0. The van der Waals surface area contributed by atoms with Crippen LogP contribution in [0.25, 0.3) is 6.08 Å². The van der Waals surface area contributed by atoms with Crippen molar-refractivity contribution in [2.75, 3.05) is 13.7 Å². The first-order chi connectivity index (χ1) is 8.26. The van der Waals surface area contributed by atoms with Crippen molar-refractivity contribution in [2.45, 2.75) is 19.8 Å². The molecule has 0 amide bonds. The first-order valence-electron chi connectivity index (χ1n) is 5.72. The molecule has 0 aliphatic rings. The van der Waals surface area contributed by atoms with Crippen LogP contribution in [0.4, 0.5) is 0 Å². The van der Waals surface area contributed by atoms with Crippen molar-refractivity contribution in [1.29, 1.82) is 0 Å². The number of rotatable bonds is 6. The molecule has 0 saturated carbocycles. The predicted molar refractivity (Wildman–Crippen MR) is 67.9 cm³/mol. The molecule has 0 heterocycles. The lowest BCUT2D eigenvalue weighted by molar-refractivity contribution is -0.142. The van der Waals surface area contributed by atoms with E-state index < -0.39 is 0 Å². The minimum Gasteiger partial charge on any atom is -0.497 e. The highest BCUT2D eigenvalue weighted by molar-refractivity contribution is 5.72. The molecule has 0 fully saturated rings. The van der Waals surface area contributed by atoms with E-state index in [1.165, 1.54) is 0 Å². The minimum atomic E-state index is -0.184. The lowest BCUT2D eigenvalue weighted by Gasteiger charge is -2.00. The largest absolute Gasteiger partial charge is 0.497 e. The first-order valence-corrected chi connectivity index (χ1v) is 5.72. The Morgan fingerprint density at radius 1 is 1.29 bits per heavy atom. The molecule has 0 N–H and O–H groups in total. The van der Waals surface area contributed by atoms with E-state index in [1.807, 2.05) is 37.3 Å². The lowest BCUT2D eigenvalue weighted by Crippen LogP contribution is -2.03. The van der Waals surface area contributed by atoms with Gasteiger partial charge in [0.15, 0.2) is 0 Å². The summed E-state index contributed by atoms with van der Waals surface area (Å²) >= 11 is 0. The van der Waals surface area contributed by atoms with Gasteiger partial charge >= 0.3 is 5.97 Å². The van der Waals surface area contributed by atoms with Gasteiger partial charge in [-0.2, -0.15) is 0 Å². The van der Waals surface area contributed by atoms with Gasteiger partial charge < -0.3 is 9.47 Å². The number of hydrogen-bond donors (Lipinski definition) is 0. The Balaban J connectivity index is 2.39.